The van der Waals surface area contributed by atoms with Gasteiger partial charge >= 0.3 is 0 Å². The molecule has 0 aliphatic heterocycles. The summed E-state index contributed by atoms with van der Waals surface area (Å²) in [5.74, 6) is -0.0576. The zero-order chi connectivity index (χ0) is 12.8. The first-order valence-electron chi connectivity index (χ1n) is 5.84. The maximum absolute atomic E-state index is 11.6. The standard InChI is InChI=1S/C11H23NO3S/c1-5-10(6-2)8-16(14,15)12-11(13)7-9(3)4/h9-10H,5-8H2,1-4H3,(H,12,13). The van der Waals surface area contributed by atoms with Crippen LogP contribution >= 0.6 is 0 Å². The average molecular weight is 249 g/mol. The van der Waals surface area contributed by atoms with Crippen molar-refractivity contribution in [3.05, 3.63) is 0 Å². The molecule has 0 heterocycles. The summed E-state index contributed by atoms with van der Waals surface area (Å²) < 4.78 is 25.4. The molecule has 0 rings (SSSR count). The Labute approximate surface area is 98.9 Å². The number of rotatable bonds is 7. The van der Waals surface area contributed by atoms with Gasteiger partial charge in [0.15, 0.2) is 0 Å². The highest BCUT2D eigenvalue weighted by Gasteiger charge is 2.19. The third-order valence-electron chi connectivity index (χ3n) is 2.47. The first-order valence-corrected chi connectivity index (χ1v) is 7.49. The highest BCUT2D eigenvalue weighted by molar-refractivity contribution is 7.90. The minimum atomic E-state index is -3.45. The van der Waals surface area contributed by atoms with Crippen LogP contribution in [0.2, 0.25) is 0 Å². The Morgan fingerprint density at radius 2 is 1.69 bits per heavy atom. The van der Waals surface area contributed by atoms with Crippen molar-refractivity contribution in [3.63, 3.8) is 0 Å². The summed E-state index contributed by atoms with van der Waals surface area (Å²) in [7, 11) is -3.45. The fraction of sp³-hybridized carbons (Fsp3) is 0.909. The number of hydrogen-bond donors (Lipinski definition) is 1. The van der Waals surface area contributed by atoms with Crippen LogP contribution in [-0.2, 0) is 14.8 Å². The lowest BCUT2D eigenvalue weighted by molar-refractivity contribution is -0.120. The molecule has 0 fully saturated rings. The lowest BCUT2D eigenvalue weighted by Gasteiger charge is -2.13. The fourth-order valence-corrected chi connectivity index (χ4v) is 3.07. The highest BCUT2D eigenvalue weighted by Crippen LogP contribution is 2.10. The van der Waals surface area contributed by atoms with E-state index in [4.69, 9.17) is 0 Å². The molecule has 0 aromatic heterocycles. The van der Waals surface area contributed by atoms with Crippen molar-refractivity contribution in [2.75, 3.05) is 5.75 Å². The van der Waals surface area contributed by atoms with Crippen LogP contribution in [0.4, 0.5) is 0 Å². The second-order valence-corrected chi connectivity index (χ2v) is 6.35. The van der Waals surface area contributed by atoms with Crippen LogP contribution in [0.15, 0.2) is 0 Å². The summed E-state index contributed by atoms with van der Waals surface area (Å²) in [6, 6.07) is 0. The summed E-state index contributed by atoms with van der Waals surface area (Å²) in [4.78, 5) is 11.3. The van der Waals surface area contributed by atoms with Crippen molar-refractivity contribution in [2.24, 2.45) is 11.8 Å². The van der Waals surface area contributed by atoms with Crippen LogP contribution in [0, 0.1) is 11.8 Å². The van der Waals surface area contributed by atoms with E-state index in [1.165, 1.54) is 0 Å². The van der Waals surface area contributed by atoms with Gasteiger partial charge in [-0.25, -0.2) is 8.42 Å². The average Bonchev–Trinajstić information content (AvgIpc) is 2.11. The molecule has 5 heteroatoms. The highest BCUT2D eigenvalue weighted by atomic mass is 32.2. The van der Waals surface area contributed by atoms with Crippen LogP contribution in [0.3, 0.4) is 0 Å². The molecule has 1 N–H and O–H groups in total. The molecule has 0 saturated heterocycles. The van der Waals surface area contributed by atoms with Gasteiger partial charge in [0.2, 0.25) is 15.9 Å². The van der Waals surface area contributed by atoms with Gasteiger partial charge in [-0.1, -0.05) is 40.5 Å². The molecular weight excluding hydrogens is 226 g/mol. The molecule has 1 amide bonds. The number of hydrogen-bond acceptors (Lipinski definition) is 3. The molecule has 4 nitrogen and oxygen atoms in total. The topological polar surface area (TPSA) is 63.2 Å². The number of carbonyl (C=O) groups is 1. The maximum atomic E-state index is 11.6. The van der Waals surface area contributed by atoms with E-state index in [0.717, 1.165) is 12.8 Å². The van der Waals surface area contributed by atoms with E-state index in [2.05, 4.69) is 4.72 Å². The maximum Gasteiger partial charge on any atom is 0.235 e. The Kier molecular flexibility index (Phi) is 6.64. The van der Waals surface area contributed by atoms with Crippen LogP contribution in [0.5, 0.6) is 0 Å². The van der Waals surface area contributed by atoms with Gasteiger partial charge in [-0.2, -0.15) is 0 Å². The lowest BCUT2D eigenvalue weighted by Crippen LogP contribution is -2.35. The van der Waals surface area contributed by atoms with E-state index < -0.39 is 15.9 Å². The van der Waals surface area contributed by atoms with Crippen LogP contribution in [0.1, 0.15) is 47.0 Å². The summed E-state index contributed by atoms with van der Waals surface area (Å²) in [6.07, 6.45) is 1.88. The molecule has 0 aliphatic rings. The van der Waals surface area contributed by atoms with E-state index >= 15 is 0 Å². The minimum Gasteiger partial charge on any atom is -0.274 e. The van der Waals surface area contributed by atoms with Gasteiger partial charge < -0.3 is 0 Å². The number of nitrogens with one attached hydrogen (secondary N) is 1. The smallest absolute Gasteiger partial charge is 0.235 e. The molecule has 0 aliphatic carbocycles. The predicted molar refractivity (Wildman–Crippen MR) is 65.5 cm³/mol. The van der Waals surface area contributed by atoms with Crippen molar-refractivity contribution in [1.29, 1.82) is 0 Å². The third kappa shape index (κ3) is 6.82. The Morgan fingerprint density at radius 3 is 2.06 bits per heavy atom. The van der Waals surface area contributed by atoms with Gasteiger partial charge in [-0.15, -0.1) is 0 Å². The molecule has 96 valence electrons. The molecule has 0 unspecified atom stereocenters. The van der Waals surface area contributed by atoms with E-state index in [-0.39, 0.29) is 24.0 Å². The van der Waals surface area contributed by atoms with Gasteiger partial charge in [0, 0.05) is 6.42 Å². The molecule has 0 aromatic carbocycles. The zero-order valence-electron chi connectivity index (χ0n) is 10.6. The Hall–Kier alpha value is -0.580. The van der Waals surface area contributed by atoms with Crippen molar-refractivity contribution >= 4 is 15.9 Å². The number of carbonyl (C=O) groups excluding carboxylic acids is 1. The van der Waals surface area contributed by atoms with E-state index in [1.807, 2.05) is 27.7 Å². The lowest BCUT2D eigenvalue weighted by atomic mass is 10.1. The Balaban J connectivity index is 4.29. The first kappa shape index (κ1) is 15.4. The first-order chi connectivity index (χ1) is 7.30. The molecule has 0 saturated carbocycles. The summed E-state index contributed by atoms with van der Waals surface area (Å²) in [6.45, 7) is 7.68. The summed E-state index contributed by atoms with van der Waals surface area (Å²) in [5, 5.41) is 0. The Bertz CT molecular complexity index is 305. The fourth-order valence-electron chi connectivity index (χ4n) is 1.46. The summed E-state index contributed by atoms with van der Waals surface area (Å²) >= 11 is 0. The van der Waals surface area contributed by atoms with Gasteiger partial charge in [-0.05, 0) is 11.8 Å². The monoisotopic (exact) mass is 249 g/mol. The molecule has 0 atom stereocenters. The van der Waals surface area contributed by atoms with E-state index in [1.54, 1.807) is 0 Å². The molecule has 0 aromatic rings. The normalized spacial score (nSPS) is 12.1. The molecule has 16 heavy (non-hydrogen) atoms. The minimum absolute atomic E-state index is 0.0455. The van der Waals surface area contributed by atoms with Crippen molar-refractivity contribution in [3.8, 4) is 0 Å². The van der Waals surface area contributed by atoms with Gasteiger partial charge in [-0.3, -0.25) is 9.52 Å². The van der Waals surface area contributed by atoms with Crippen molar-refractivity contribution in [2.45, 2.75) is 47.0 Å². The summed E-state index contributed by atoms with van der Waals surface area (Å²) in [5.41, 5.74) is 0. The third-order valence-corrected chi connectivity index (χ3v) is 3.92. The quantitative estimate of drug-likeness (QED) is 0.749. The number of amides is 1. The number of sulfonamides is 1. The van der Waals surface area contributed by atoms with Crippen LogP contribution in [0.25, 0.3) is 0 Å². The molecule has 0 spiro atoms. The largest absolute Gasteiger partial charge is 0.274 e. The van der Waals surface area contributed by atoms with Crippen LogP contribution < -0.4 is 4.72 Å². The Morgan fingerprint density at radius 1 is 1.19 bits per heavy atom. The SMILES string of the molecule is CCC(CC)CS(=O)(=O)NC(=O)CC(C)C. The molecular formula is C11H23NO3S. The zero-order valence-corrected chi connectivity index (χ0v) is 11.4. The second-order valence-electron chi connectivity index (χ2n) is 4.59. The van der Waals surface area contributed by atoms with Gasteiger partial charge in [0.25, 0.3) is 0 Å². The van der Waals surface area contributed by atoms with Gasteiger partial charge in [0.1, 0.15) is 0 Å². The van der Waals surface area contributed by atoms with E-state index in [0.29, 0.717) is 0 Å². The second kappa shape index (κ2) is 6.89. The predicted octanol–water partition coefficient (Wildman–Crippen LogP) is 1.91. The molecule has 0 radical (unpaired) electrons. The van der Waals surface area contributed by atoms with E-state index in [9.17, 15) is 13.2 Å². The van der Waals surface area contributed by atoms with Crippen molar-refractivity contribution in [1.82, 2.24) is 4.72 Å². The van der Waals surface area contributed by atoms with Crippen molar-refractivity contribution < 1.29 is 13.2 Å². The van der Waals surface area contributed by atoms with Crippen LogP contribution in [-0.4, -0.2) is 20.1 Å². The van der Waals surface area contributed by atoms with Gasteiger partial charge in [0.05, 0.1) is 5.75 Å². The molecule has 0 bridgehead atoms.